The van der Waals surface area contributed by atoms with E-state index in [1.807, 2.05) is 12.1 Å². The van der Waals surface area contributed by atoms with E-state index >= 15 is 0 Å². The first-order chi connectivity index (χ1) is 9.24. The maximum absolute atomic E-state index is 5.42. The van der Waals surface area contributed by atoms with Gasteiger partial charge in [0, 0.05) is 19.1 Å². The molecule has 1 saturated heterocycles. The van der Waals surface area contributed by atoms with Crippen molar-refractivity contribution in [2.24, 2.45) is 0 Å². The van der Waals surface area contributed by atoms with Crippen LogP contribution in [0, 0.1) is 0 Å². The largest absolute Gasteiger partial charge is 0.497 e. The van der Waals surface area contributed by atoms with E-state index in [1.54, 1.807) is 14.2 Å². The van der Waals surface area contributed by atoms with E-state index in [-0.39, 0.29) is 0 Å². The van der Waals surface area contributed by atoms with Crippen LogP contribution < -0.4 is 14.8 Å². The van der Waals surface area contributed by atoms with Crippen molar-refractivity contribution in [1.82, 2.24) is 10.2 Å². The van der Waals surface area contributed by atoms with Crippen LogP contribution in [-0.4, -0.2) is 51.8 Å². The van der Waals surface area contributed by atoms with Gasteiger partial charge in [0.25, 0.3) is 0 Å². The van der Waals surface area contributed by atoms with Crippen molar-refractivity contribution in [3.8, 4) is 11.5 Å². The number of nitrogens with zero attached hydrogens (tertiary/aromatic N) is 1. The second kappa shape index (κ2) is 6.78. The maximum atomic E-state index is 5.42. The minimum absolute atomic E-state index is 0.664. The second-order valence-electron chi connectivity index (χ2n) is 5.06. The molecule has 0 saturated carbocycles. The summed E-state index contributed by atoms with van der Waals surface area (Å²) in [7, 11) is 5.61. The molecule has 106 valence electrons. The lowest BCUT2D eigenvalue weighted by Crippen LogP contribution is -2.34. The van der Waals surface area contributed by atoms with Crippen LogP contribution in [0.5, 0.6) is 11.5 Å². The van der Waals surface area contributed by atoms with Crippen molar-refractivity contribution in [2.45, 2.75) is 18.9 Å². The normalized spacial score (nSPS) is 18.8. The Morgan fingerprint density at radius 1 is 1.32 bits per heavy atom. The van der Waals surface area contributed by atoms with Crippen LogP contribution in [0.1, 0.15) is 12.0 Å². The Bertz CT molecular complexity index is 403. The highest BCUT2D eigenvalue weighted by Gasteiger charge is 2.19. The molecule has 1 fully saturated rings. The Kier molecular flexibility index (Phi) is 5.05. The van der Waals surface area contributed by atoms with E-state index in [0.29, 0.717) is 6.04 Å². The number of rotatable bonds is 6. The molecule has 1 aromatic rings. The standard InChI is InChI=1S/C15H24N2O2/c1-17(13-6-8-16-11-13)9-7-12-10-14(18-2)4-5-15(12)19-3/h4-5,10,13,16H,6-9,11H2,1-3H3. The van der Waals surface area contributed by atoms with E-state index < -0.39 is 0 Å². The minimum Gasteiger partial charge on any atom is -0.497 e. The number of hydrogen-bond donors (Lipinski definition) is 1. The fourth-order valence-electron chi connectivity index (χ4n) is 2.57. The van der Waals surface area contributed by atoms with E-state index in [1.165, 1.54) is 12.0 Å². The number of likely N-dealkylation sites (N-methyl/N-ethyl adjacent to an activating group) is 1. The van der Waals surface area contributed by atoms with E-state index in [9.17, 15) is 0 Å². The second-order valence-corrected chi connectivity index (χ2v) is 5.06. The molecule has 0 amide bonds. The number of methoxy groups -OCH3 is 2. The van der Waals surface area contributed by atoms with E-state index in [2.05, 4.69) is 23.3 Å². The summed E-state index contributed by atoms with van der Waals surface area (Å²) < 4.78 is 10.7. The molecule has 19 heavy (non-hydrogen) atoms. The zero-order valence-electron chi connectivity index (χ0n) is 12.1. The van der Waals surface area contributed by atoms with Crippen molar-refractivity contribution in [3.63, 3.8) is 0 Å². The topological polar surface area (TPSA) is 33.7 Å². The van der Waals surface area contributed by atoms with Gasteiger partial charge in [-0.2, -0.15) is 0 Å². The maximum Gasteiger partial charge on any atom is 0.122 e. The monoisotopic (exact) mass is 264 g/mol. The first-order valence-corrected chi connectivity index (χ1v) is 6.86. The molecule has 1 aromatic carbocycles. The molecule has 2 rings (SSSR count). The van der Waals surface area contributed by atoms with Gasteiger partial charge < -0.3 is 19.7 Å². The van der Waals surface area contributed by atoms with Gasteiger partial charge in [0.15, 0.2) is 0 Å². The van der Waals surface area contributed by atoms with Crippen LogP contribution in [0.15, 0.2) is 18.2 Å². The van der Waals surface area contributed by atoms with Crippen molar-refractivity contribution in [3.05, 3.63) is 23.8 Å². The van der Waals surface area contributed by atoms with Crippen molar-refractivity contribution >= 4 is 0 Å². The first-order valence-electron chi connectivity index (χ1n) is 6.86. The molecule has 0 aliphatic carbocycles. The lowest BCUT2D eigenvalue weighted by molar-refractivity contribution is 0.259. The molecule has 0 spiro atoms. The van der Waals surface area contributed by atoms with Gasteiger partial charge in [-0.3, -0.25) is 0 Å². The van der Waals surface area contributed by atoms with Crippen molar-refractivity contribution in [2.75, 3.05) is 40.9 Å². The lowest BCUT2D eigenvalue weighted by atomic mass is 10.1. The molecule has 0 radical (unpaired) electrons. The van der Waals surface area contributed by atoms with Crippen molar-refractivity contribution in [1.29, 1.82) is 0 Å². The van der Waals surface area contributed by atoms with Crippen LogP contribution in [0.4, 0.5) is 0 Å². The highest BCUT2D eigenvalue weighted by atomic mass is 16.5. The van der Waals surface area contributed by atoms with Crippen LogP contribution >= 0.6 is 0 Å². The lowest BCUT2D eigenvalue weighted by Gasteiger charge is -2.23. The molecule has 1 unspecified atom stereocenters. The summed E-state index contributed by atoms with van der Waals surface area (Å²) >= 11 is 0. The quantitative estimate of drug-likeness (QED) is 0.845. The van der Waals surface area contributed by atoms with E-state index in [0.717, 1.165) is 37.6 Å². The average molecular weight is 264 g/mol. The number of ether oxygens (including phenoxy) is 2. The van der Waals surface area contributed by atoms with Crippen LogP contribution in [0.25, 0.3) is 0 Å². The van der Waals surface area contributed by atoms with Gasteiger partial charge >= 0.3 is 0 Å². The molecule has 1 aliphatic rings. The third-order valence-corrected chi connectivity index (χ3v) is 3.88. The minimum atomic E-state index is 0.664. The Morgan fingerprint density at radius 3 is 2.79 bits per heavy atom. The zero-order valence-corrected chi connectivity index (χ0v) is 12.1. The van der Waals surface area contributed by atoms with Gasteiger partial charge in [-0.1, -0.05) is 0 Å². The van der Waals surface area contributed by atoms with E-state index in [4.69, 9.17) is 9.47 Å². The summed E-state index contributed by atoms with van der Waals surface area (Å²) in [5.41, 5.74) is 1.21. The molecule has 1 aliphatic heterocycles. The average Bonchev–Trinajstić information content (AvgIpc) is 2.98. The molecular formula is C15H24N2O2. The fraction of sp³-hybridized carbons (Fsp3) is 0.600. The SMILES string of the molecule is COc1ccc(OC)c(CCN(C)C2CCNC2)c1. The zero-order chi connectivity index (χ0) is 13.7. The molecule has 1 heterocycles. The number of nitrogens with one attached hydrogen (secondary N) is 1. The third kappa shape index (κ3) is 3.61. The summed E-state index contributed by atoms with van der Waals surface area (Å²) in [5, 5.41) is 3.41. The third-order valence-electron chi connectivity index (χ3n) is 3.88. The summed E-state index contributed by atoms with van der Waals surface area (Å²) in [4.78, 5) is 2.43. The van der Waals surface area contributed by atoms with Crippen molar-refractivity contribution < 1.29 is 9.47 Å². The Morgan fingerprint density at radius 2 is 2.16 bits per heavy atom. The summed E-state index contributed by atoms with van der Waals surface area (Å²) in [5.74, 6) is 1.83. The molecule has 0 aromatic heterocycles. The molecule has 4 nitrogen and oxygen atoms in total. The molecule has 4 heteroatoms. The summed E-state index contributed by atoms with van der Waals surface area (Å²) in [6, 6.07) is 6.65. The predicted molar refractivity (Wildman–Crippen MR) is 77.2 cm³/mol. The highest BCUT2D eigenvalue weighted by molar-refractivity contribution is 5.40. The predicted octanol–water partition coefficient (Wildman–Crippen LogP) is 1.54. The van der Waals surface area contributed by atoms with Gasteiger partial charge in [-0.15, -0.1) is 0 Å². The smallest absolute Gasteiger partial charge is 0.122 e. The molecule has 1 N–H and O–H groups in total. The molecule has 0 bridgehead atoms. The van der Waals surface area contributed by atoms with Gasteiger partial charge in [0.1, 0.15) is 11.5 Å². The summed E-state index contributed by atoms with van der Waals surface area (Å²) in [6.07, 6.45) is 2.22. The summed E-state index contributed by atoms with van der Waals surface area (Å²) in [6.45, 7) is 3.28. The van der Waals surface area contributed by atoms with Gasteiger partial charge in [-0.25, -0.2) is 0 Å². The van der Waals surface area contributed by atoms with Gasteiger partial charge in [-0.05, 0) is 50.2 Å². The van der Waals surface area contributed by atoms with Crippen LogP contribution in [-0.2, 0) is 6.42 Å². The first kappa shape index (κ1) is 14.2. The molecular weight excluding hydrogens is 240 g/mol. The Balaban J connectivity index is 1.97. The highest BCUT2D eigenvalue weighted by Crippen LogP contribution is 2.24. The van der Waals surface area contributed by atoms with Gasteiger partial charge in [0.2, 0.25) is 0 Å². The fourth-order valence-corrected chi connectivity index (χ4v) is 2.57. The Hall–Kier alpha value is -1.26. The number of benzene rings is 1. The Labute approximate surface area is 115 Å². The van der Waals surface area contributed by atoms with Gasteiger partial charge in [0.05, 0.1) is 14.2 Å². The molecule has 1 atom stereocenters. The van der Waals surface area contributed by atoms with Crippen LogP contribution in [0.2, 0.25) is 0 Å². The van der Waals surface area contributed by atoms with Crippen LogP contribution in [0.3, 0.4) is 0 Å². The number of hydrogen-bond acceptors (Lipinski definition) is 4.